The van der Waals surface area contributed by atoms with Crippen LogP contribution in [-0.2, 0) is 0 Å². The number of rotatable bonds is 15. The van der Waals surface area contributed by atoms with Crippen LogP contribution in [0.4, 0.5) is 5.69 Å². The summed E-state index contributed by atoms with van der Waals surface area (Å²) in [6, 6.07) is 14.2. The predicted octanol–water partition coefficient (Wildman–Crippen LogP) is 8.45. The van der Waals surface area contributed by atoms with Gasteiger partial charge in [0.15, 0.2) is 0 Å². The molecule has 0 saturated carbocycles. The van der Waals surface area contributed by atoms with Crippen molar-refractivity contribution < 1.29 is 9.53 Å². The van der Waals surface area contributed by atoms with Gasteiger partial charge in [0.25, 0.3) is 0 Å². The molecule has 0 fully saturated rings. The molecule has 2 rings (SSSR count). The number of benzene rings is 2. The van der Waals surface area contributed by atoms with Gasteiger partial charge in [0.05, 0.1) is 5.56 Å². The molecule has 0 spiro atoms. The van der Waals surface area contributed by atoms with Crippen molar-refractivity contribution in [1.82, 2.24) is 0 Å². The number of allylic oxidation sites excluding steroid dienone is 2. The Labute approximate surface area is 192 Å². The summed E-state index contributed by atoms with van der Waals surface area (Å²) in [5.41, 5.74) is 1.33. The van der Waals surface area contributed by atoms with E-state index in [1.54, 1.807) is 30.3 Å². The zero-order valence-electron chi connectivity index (χ0n) is 18.7. The summed E-state index contributed by atoms with van der Waals surface area (Å²) in [6.45, 7) is 3.07. The molecule has 0 saturated heterocycles. The van der Waals surface area contributed by atoms with Gasteiger partial charge >= 0.3 is 5.97 Å². The van der Waals surface area contributed by atoms with E-state index in [2.05, 4.69) is 24.4 Å². The van der Waals surface area contributed by atoms with E-state index in [1.165, 1.54) is 51.4 Å². The molecule has 3 nitrogen and oxygen atoms in total. The first-order valence-corrected chi connectivity index (χ1v) is 12.0. The van der Waals surface area contributed by atoms with Gasteiger partial charge in [0.2, 0.25) is 0 Å². The Kier molecular flexibility index (Phi) is 12.5. The normalized spacial score (nSPS) is 11.0. The largest absolute Gasteiger partial charge is 0.423 e. The van der Waals surface area contributed by atoms with Gasteiger partial charge in [-0.3, -0.25) is 0 Å². The average molecular weight is 442 g/mol. The fraction of sp³-hybridized carbons (Fsp3) is 0.444. The van der Waals surface area contributed by atoms with Crippen molar-refractivity contribution in [3.05, 3.63) is 71.3 Å². The van der Waals surface area contributed by atoms with E-state index in [9.17, 15) is 4.79 Å². The second-order valence-corrected chi connectivity index (χ2v) is 8.28. The maximum Gasteiger partial charge on any atom is 0.345 e. The first-order valence-electron chi connectivity index (χ1n) is 11.7. The minimum atomic E-state index is -0.375. The standard InChI is InChI=1S/C27H36ClNO2/c1-2-3-4-5-6-7-8-9-10-11-12-15-22-29-26-17-14-13-16-25(26)27(30)31-24-20-18-23(28)19-21-24/h10-11,13-14,16-21,29H,2-9,12,15,22H2,1H3. The van der Waals surface area contributed by atoms with E-state index in [-0.39, 0.29) is 5.97 Å². The van der Waals surface area contributed by atoms with Gasteiger partial charge in [0.1, 0.15) is 5.75 Å². The molecule has 0 unspecified atom stereocenters. The third-order valence-corrected chi connectivity index (χ3v) is 5.43. The minimum absolute atomic E-state index is 0.375. The Bertz CT molecular complexity index is 786. The summed E-state index contributed by atoms with van der Waals surface area (Å²) < 4.78 is 5.47. The number of carbonyl (C=O) groups excluding carboxylic acids is 1. The van der Waals surface area contributed by atoms with Gasteiger partial charge in [-0.2, -0.15) is 0 Å². The van der Waals surface area contributed by atoms with Gasteiger partial charge in [-0.25, -0.2) is 4.79 Å². The van der Waals surface area contributed by atoms with Crippen molar-refractivity contribution in [2.24, 2.45) is 0 Å². The predicted molar refractivity (Wildman–Crippen MR) is 132 cm³/mol. The van der Waals surface area contributed by atoms with E-state index < -0.39 is 0 Å². The lowest BCUT2D eigenvalue weighted by molar-refractivity contribution is 0.0735. The molecular weight excluding hydrogens is 406 g/mol. The van der Waals surface area contributed by atoms with Crippen LogP contribution < -0.4 is 10.1 Å². The lowest BCUT2D eigenvalue weighted by Crippen LogP contribution is -2.12. The molecule has 0 aliphatic carbocycles. The van der Waals surface area contributed by atoms with Crippen LogP contribution in [0.15, 0.2) is 60.7 Å². The molecule has 0 aliphatic rings. The molecule has 0 atom stereocenters. The molecule has 2 aromatic carbocycles. The van der Waals surface area contributed by atoms with Crippen LogP contribution >= 0.6 is 11.6 Å². The molecule has 0 bridgehead atoms. The molecule has 0 heterocycles. The summed E-state index contributed by atoms with van der Waals surface area (Å²) in [5, 5.41) is 3.98. The fourth-order valence-electron chi connectivity index (χ4n) is 3.38. The highest BCUT2D eigenvalue weighted by Gasteiger charge is 2.13. The fourth-order valence-corrected chi connectivity index (χ4v) is 3.50. The SMILES string of the molecule is CCCCCCCCCC=CCCCNc1ccccc1C(=O)Oc1ccc(Cl)cc1. The maximum atomic E-state index is 12.5. The quantitative estimate of drug-likeness (QED) is 0.130. The van der Waals surface area contributed by atoms with Crippen molar-refractivity contribution in [2.75, 3.05) is 11.9 Å². The van der Waals surface area contributed by atoms with E-state index in [1.807, 2.05) is 18.2 Å². The third-order valence-electron chi connectivity index (χ3n) is 5.18. The molecule has 0 aromatic heterocycles. The lowest BCUT2D eigenvalue weighted by Gasteiger charge is -2.11. The van der Waals surface area contributed by atoms with Crippen LogP contribution in [0.25, 0.3) is 0 Å². The second-order valence-electron chi connectivity index (χ2n) is 7.84. The molecule has 1 N–H and O–H groups in total. The average Bonchev–Trinajstić information content (AvgIpc) is 2.78. The summed E-state index contributed by atoms with van der Waals surface area (Å²) in [5.74, 6) is 0.107. The number of ether oxygens (including phenoxy) is 1. The van der Waals surface area contributed by atoms with E-state index in [0.29, 0.717) is 16.3 Å². The molecule has 168 valence electrons. The van der Waals surface area contributed by atoms with Crippen LogP contribution in [-0.4, -0.2) is 12.5 Å². The van der Waals surface area contributed by atoms with Crippen LogP contribution in [0.2, 0.25) is 5.02 Å². The van der Waals surface area contributed by atoms with Crippen molar-refractivity contribution in [2.45, 2.75) is 71.1 Å². The number of unbranched alkanes of at least 4 members (excludes halogenated alkanes) is 8. The van der Waals surface area contributed by atoms with Crippen molar-refractivity contribution in [3.63, 3.8) is 0 Å². The van der Waals surface area contributed by atoms with E-state index >= 15 is 0 Å². The third kappa shape index (κ3) is 10.5. The second kappa shape index (κ2) is 15.5. The lowest BCUT2D eigenvalue weighted by atomic mass is 10.1. The van der Waals surface area contributed by atoms with E-state index in [4.69, 9.17) is 16.3 Å². The minimum Gasteiger partial charge on any atom is -0.423 e. The summed E-state index contributed by atoms with van der Waals surface area (Å²) in [4.78, 5) is 12.5. The molecule has 31 heavy (non-hydrogen) atoms. The van der Waals surface area contributed by atoms with Crippen LogP contribution in [0.1, 0.15) is 81.5 Å². The molecule has 0 radical (unpaired) electrons. The molecular formula is C27H36ClNO2. The van der Waals surface area contributed by atoms with Gasteiger partial charge in [-0.05, 0) is 62.1 Å². The smallest absolute Gasteiger partial charge is 0.345 e. The highest BCUT2D eigenvalue weighted by molar-refractivity contribution is 6.30. The maximum absolute atomic E-state index is 12.5. The highest BCUT2D eigenvalue weighted by atomic mass is 35.5. The number of hydrogen-bond acceptors (Lipinski definition) is 3. The summed E-state index contributed by atoms with van der Waals surface area (Å²) >= 11 is 5.88. The van der Waals surface area contributed by atoms with Crippen molar-refractivity contribution in [3.8, 4) is 5.75 Å². The van der Waals surface area contributed by atoms with Crippen molar-refractivity contribution in [1.29, 1.82) is 0 Å². The zero-order chi connectivity index (χ0) is 22.2. The molecule has 4 heteroatoms. The van der Waals surface area contributed by atoms with Gasteiger partial charge in [-0.1, -0.05) is 81.3 Å². The summed E-state index contributed by atoms with van der Waals surface area (Å²) in [6.07, 6.45) is 17.3. The van der Waals surface area contributed by atoms with Crippen LogP contribution in [0, 0.1) is 0 Å². The topological polar surface area (TPSA) is 38.3 Å². The first kappa shape index (κ1) is 25.0. The van der Waals surface area contributed by atoms with Crippen molar-refractivity contribution >= 4 is 23.3 Å². The Hall–Kier alpha value is -2.26. The Balaban J connectivity index is 1.64. The number of para-hydroxylation sites is 1. The van der Waals surface area contributed by atoms with E-state index in [0.717, 1.165) is 25.1 Å². The van der Waals surface area contributed by atoms with Crippen LogP contribution in [0.3, 0.4) is 0 Å². The zero-order valence-corrected chi connectivity index (χ0v) is 19.5. The first-order chi connectivity index (χ1) is 15.2. The Morgan fingerprint density at radius 3 is 2.26 bits per heavy atom. The number of anilines is 1. The Morgan fingerprint density at radius 1 is 0.871 bits per heavy atom. The van der Waals surface area contributed by atoms with Gasteiger partial charge in [-0.15, -0.1) is 0 Å². The Morgan fingerprint density at radius 2 is 1.52 bits per heavy atom. The monoisotopic (exact) mass is 441 g/mol. The number of nitrogens with one attached hydrogen (secondary N) is 1. The number of esters is 1. The number of halogens is 1. The van der Waals surface area contributed by atoms with Crippen LogP contribution in [0.5, 0.6) is 5.75 Å². The summed E-state index contributed by atoms with van der Waals surface area (Å²) in [7, 11) is 0. The number of carbonyl (C=O) groups is 1. The molecule has 2 aromatic rings. The molecule has 0 amide bonds. The molecule has 0 aliphatic heterocycles. The van der Waals surface area contributed by atoms with Gasteiger partial charge < -0.3 is 10.1 Å². The number of hydrogen-bond donors (Lipinski definition) is 1. The van der Waals surface area contributed by atoms with Gasteiger partial charge in [0, 0.05) is 17.3 Å². The highest BCUT2D eigenvalue weighted by Crippen LogP contribution is 2.20.